The van der Waals surface area contributed by atoms with Gasteiger partial charge in [-0.25, -0.2) is 4.68 Å². The second-order valence-electron chi connectivity index (χ2n) is 4.87. The van der Waals surface area contributed by atoms with Crippen molar-refractivity contribution < 1.29 is 9.53 Å². The first-order valence-corrected chi connectivity index (χ1v) is 6.84. The topological polar surface area (TPSA) is 68.2 Å². The molecular weight excluding hydrogens is 268 g/mol. The maximum Gasteiger partial charge on any atom is 0.263 e. The molecule has 1 heterocycles. The number of anilines is 2. The van der Waals surface area contributed by atoms with Crippen LogP contribution in [0.4, 0.5) is 11.5 Å². The summed E-state index contributed by atoms with van der Waals surface area (Å²) in [5.74, 6) is 1.11. The van der Waals surface area contributed by atoms with Gasteiger partial charge in [-0.15, -0.1) is 0 Å². The Labute approximate surface area is 124 Å². The third-order valence-corrected chi connectivity index (χ3v) is 2.94. The van der Waals surface area contributed by atoms with Crippen molar-refractivity contribution in [1.82, 2.24) is 9.78 Å². The zero-order chi connectivity index (χ0) is 15.2. The van der Waals surface area contributed by atoms with Crippen molar-refractivity contribution in [1.29, 1.82) is 0 Å². The summed E-state index contributed by atoms with van der Waals surface area (Å²) in [6, 6.07) is 9.36. The van der Waals surface area contributed by atoms with Crippen LogP contribution in [0.25, 0.3) is 0 Å². The average molecular weight is 288 g/mol. The molecule has 0 unspecified atom stereocenters. The molecule has 21 heavy (non-hydrogen) atoms. The van der Waals surface area contributed by atoms with Gasteiger partial charge < -0.3 is 15.4 Å². The zero-order valence-electron chi connectivity index (χ0n) is 12.5. The van der Waals surface area contributed by atoms with Crippen LogP contribution in [0.15, 0.2) is 36.5 Å². The summed E-state index contributed by atoms with van der Waals surface area (Å²) in [7, 11) is 1.85. The first-order chi connectivity index (χ1) is 10.1. The summed E-state index contributed by atoms with van der Waals surface area (Å²) in [4.78, 5) is 11.9. The van der Waals surface area contributed by atoms with Crippen molar-refractivity contribution in [2.45, 2.75) is 19.9 Å². The molecule has 0 aliphatic heterocycles. The number of carbonyl (C=O) groups is 1. The highest BCUT2D eigenvalue weighted by Gasteiger charge is 2.09. The largest absolute Gasteiger partial charge is 0.484 e. The second-order valence-corrected chi connectivity index (χ2v) is 4.87. The molecular formula is C15H20N4O2. The van der Waals surface area contributed by atoms with Gasteiger partial charge in [-0.3, -0.25) is 4.79 Å². The van der Waals surface area contributed by atoms with E-state index in [1.807, 2.05) is 45.2 Å². The van der Waals surface area contributed by atoms with Gasteiger partial charge >= 0.3 is 0 Å². The Bertz CT molecular complexity index is 590. The lowest BCUT2D eigenvalue weighted by Gasteiger charge is -2.12. The molecule has 0 saturated carbocycles. The van der Waals surface area contributed by atoms with Crippen LogP contribution in [-0.4, -0.2) is 29.3 Å². The van der Waals surface area contributed by atoms with Crippen molar-refractivity contribution in [2.75, 3.05) is 24.3 Å². The molecule has 1 aromatic heterocycles. The Morgan fingerprint density at radius 1 is 1.29 bits per heavy atom. The van der Waals surface area contributed by atoms with Crippen LogP contribution >= 0.6 is 0 Å². The van der Waals surface area contributed by atoms with E-state index in [0.29, 0.717) is 11.6 Å². The number of aromatic nitrogens is 2. The summed E-state index contributed by atoms with van der Waals surface area (Å²) >= 11 is 0. The molecule has 0 aliphatic carbocycles. The van der Waals surface area contributed by atoms with E-state index in [0.717, 1.165) is 5.69 Å². The highest BCUT2D eigenvalue weighted by molar-refractivity contribution is 5.91. The predicted molar refractivity (Wildman–Crippen MR) is 82.7 cm³/mol. The van der Waals surface area contributed by atoms with E-state index in [1.165, 1.54) is 0 Å². The molecule has 0 atom stereocenters. The molecule has 0 bridgehead atoms. The number of nitrogens with one attached hydrogen (secondary N) is 2. The zero-order valence-corrected chi connectivity index (χ0v) is 12.5. The number of ether oxygens (including phenoxy) is 1. The van der Waals surface area contributed by atoms with Crippen LogP contribution in [0.3, 0.4) is 0 Å². The van der Waals surface area contributed by atoms with Gasteiger partial charge in [0.05, 0.1) is 6.20 Å². The fourth-order valence-electron chi connectivity index (χ4n) is 1.87. The van der Waals surface area contributed by atoms with Gasteiger partial charge in [-0.2, -0.15) is 5.10 Å². The molecule has 6 nitrogen and oxygen atoms in total. The van der Waals surface area contributed by atoms with E-state index in [9.17, 15) is 4.79 Å². The second kappa shape index (κ2) is 6.78. The summed E-state index contributed by atoms with van der Waals surface area (Å²) in [5, 5.41) is 9.97. The van der Waals surface area contributed by atoms with Crippen LogP contribution in [-0.2, 0) is 4.79 Å². The monoisotopic (exact) mass is 288 g/mol. The maximum atomic E-state index is 11.9. The van der Waals surface area contributed by atoms with Crippen LogP contribution in [0, 0.1) is 0 Å². The Morgan fingerprint density at radius 2 is 2.00 bits per heavy atom. The molecule has 0 radical (unpaired) electrons. The van der Waals surface area contributed by atoms with Crippen molar-refractivity contribution in [3.63, 3.8) is 0 Å². The molecule has 112 valence electrons. The summed E-state index contributed by atoms with van der Waals surface area (Å²) < 4.78 is 7.20. The molecule has 0 saturated heterocycles. The Morgan fingerprint density at radius 3 is 2.62 bits per heavy atom. The van der Waals surface area contributed by atoms with Crippen molar-refractivity contribution >= 4 is 17.4 Å². The molecule has 2 aromatic rings. The van der Waals surface area contributed by atoms with Crippen molar-refractivity contribution in [3.8, 4) is 5.75 Å². The predicted octanol–water partition coefficient (Wildman–Crippen LogP) is 2.52. The van der Waals surface area contributed by atoms with Gasteiger partial charge in [0.15, 0.2) is 6.61 Å². The smallest absolute Gasteiger partial charge is 0.263 e. The van der Waals surface area contributed by atoms with E-state index < -0.39 is 0 Å². The SMILES string of the molecule is CNc1ccc(OCC(=O)Nc2ccnn2C(C)C)cc1. The maximum absolute atomic E-state index is 11.9. The van der Waals surface area contributed by atoms with Gasteiger partial charge in [0, 0.05) is 24.8 Å². The molecule has 0 aliphatic rings. The number of hydrogen-bond acceptors (Lipinski definition) is 4. The molecule has 0 spiro atoms. The number of benzene rings is 1. The minimum atomic E-state index is -0.213. The molecule has 1 aromatic carbocycles. The van der Waals surface area contributed by atoms with E-state index in [4.69, 9.17) is 4.74 Å². The standard InChI is InChI=1S/C15H20N4O2/c1-11(2)19-14(8-9-17-19)18-15(20)10-21-13-6-4-12(16-3)5-7-13/h4-9,11,16H,10H2,1-3H3,(H,18,20). The lowest BCUT2D eigenvalue weighted by molar-refractivity contribution is -0.118. The average Bonchev–Trinajstić information content (AvgIpc) is 2.94. The number of carbonyl (C=O) groups excluding carboxylic acids is 1. The normalized spacial score (nSPS) is 10.5. The number of rotatable bonds is 6. The highest BCUT2D eigenvalue weighted by Crippen LogP contribution is 2.16. The third-order valence-electron chi connectivity index (χ3n) is 2.94. The Hall–Kier alpha value is -2.50. The first kappa shape index (κ1) is 14.9. The van der Waals surface area contributed by atoms with Crippen LogP contribution in [0.2, 0.25) is 0 Å². The lowest BCUT2D eigenvalue weighted by atomic mass is 10.3. The number of hydrogen-bond donors (Lipinski definition) is 2. The van der Waals surface area contributed by atoms with Gasteiger partial charge in [0.1, 0.15) is 11.6 Å². The summed E-state index contributed by atoms with van der Waals surface area (Å²) in [6.45, 7) is 3.97. The number of nitrogens with zero attached hydrogens (tertiary/aromatic N) is 2. The minimum Gasteiger partial charge on any atom is -0.484 e. The minimum absolute atomic E-state index is 0.0395. The fourth-order valence-corrected chi connectivity index (χ4v) is 1.87. The van der Waals surface area contributed by atoms with Gasteiger partial charge in [-0.05, 0) is 38.1 Å². The van der Waals surface area contributed by atoms with Gasteiger partial charge in [0.2, 0.25) is 0 Å². The first-order valence-electron chi connectivity index (χ1n) is 6.84. The van der Waals surface area contributed by atoms with E-state index in [-0.39, 0.29) is 18.6 Å². The number of amides is 1. The molecule has 6 heteroatoms. The van der Waals surface area contributed by atoms with Crippen LogP contribution < -0.4 is 15.4 Å². The van der Waals surface area contributed by atoms with Crippen LogP contribution in [0.1, 0.15) is 19.9 Å². The van der Waals surface area contributed by atoms with Crippen molar-refractivity contribution in [2.24, 2.45) is 0 Å². The fraction of sp³-hybridized carbons (Fsp3) is 0.333. The van der Waals surface area contributed by atoms with Crippen molar-refractivity contribution in [3.05, 3.63) is 36.5 Å². The Kier molecular flexibility index (Phi) is 4.81. The van der Waals surface area contributed by atoms with E-state index in [2.05, 4.69) is 15.7 Å². The lowest BCUT2D eigenvalue weighted by Crippen LogP contribution is -2.22. The van der Waals surface area contributed by atoms with Gasteiger partial charge in [-0.1, -0.05) is 0 Å². The highest BCUT2D eigenvalue weighted by atomic mass is 16.5. The molecule has 1 amide bonds. The molecule has 0 fully saturated rings. The quantitative estimate of drug-likeness (QED) is 0.857. The van der Waals surface area contributed by atoms with E-state index >= 15 is 0 Å². The Balaban J connectivity index is 1.88. The summed E-state index contributed by atoms with van der Waals surface area (Å²) in [6.07, 6.45) is 1.66. The summed E-state index contributed by atoms with van der Waals surface area (Å²) in [5.41, 5.74) is 0.993. The van der Waals surface area contributed by atoms with E-state index in [1.54, 1.807) is 16.9 Å². The molecule has 2 rings (SSSR count). The molecule has 2 N–H and O–H groups in total. The third kappa shape index (κ3) is 3.98. The van der Waals surface area contributed by atoms with Crippen LogP contribution in [0.5, 0.6) is 5.75 Å². The van der Waals surface area contributed by atoms with Gasteiger partial charge in [0.25, 0.3) is 5.91 Å².